The monoisotopic (exact) mass is 342 g/mol. The van der Waals surface area contributed by atoms with E-state index >= 15 is 0 Å². The Morgan fingerprint density at radius 3 is 2.56 bits per heavy atom. The van der Waals surface area contributed by atoms with Gasteiger partial charge in [-0.15, -0.1) is 0 Å². The summed E-state index contributed by atoms with van der Waals surface area (Å²) in [5.41, 5.74) is -0.0820. The van der Waals surface area contributed by atoms with Crippen LogP contribution in [0.15, 0.2) is 39.5 Å². The minimum atomic E-state index is -0.612. The first kappa shape index (κ1) is 17.2. The molecule has 2 heterocycles. The van der Waals surface area contributed by atoms with Gasteiger partial charge in [0.2, 0.25) is 5.91 Å². The lowest BCUT2D eigenvalue weighted by atomic mass is 10.0. The number of nitrogens with one attached hydrogen (secondary N) is 1. The summed E-state index contributed by atoms with van der Waals surface area (Å²) in [4.78, 5) is 38.2. The minimum Gasteiger partial charge on any atom is -0.422 e. The van der Waals surface area contributed by atoms with Gasteiger partial charge in [0.15, 0.2) is 0 Å². The summed E-state index contributed by atoms with van der Waals surface area (Å²) in [5, 5.41) is 3.72. The van der Waals surface area contributed by atoms with Crippen molar-refractivity contribution in [1.29, 1.82) is 0 Å². The first-order valence-corrected chi connectivity index (χ1v) is 8.58. The molecule has 0 aliphatic carbocycles. The highest BCUT2D eigenvalue weighted by atomic mass is 16.4. The van der Waals surface area contributed by atoms with Crippen LogP contribution in [-0.2, 0) is 4.79 Å². The zero-order valence-electron chi connectivity index (χ0n) is 14.5. The lowest BCUT2D eigenvalue weighted by Gasteiger charge is -2.32. The second-order valence-electron chi connectivity index (χ2n) is 6.72. The van der Waals surface area contributed by atoms with Crippen molar-refractivity contribution in [2.75, 3.05) is 13.1 Å². The van der Waals surface area contributed by atoms with E-state index in [4.69, 9.17) is 4.42 Å². The van der Waals surface area contributed by atoms with E-state index < -0.39 is 5.63 Å². The number of amides is 2. The number of carbonyl (C=O) groups is 2. The fraction of sp³-hybridized carbons (Fsp3) is 0.421. The standard InChI is InChI=1S/C19H22N2O4/c1-12(2)17(22)20-14-7-9-21(10-8-14)18(23)15-11-13-5-3-4-6-16(13)25-19(15)24/h3-6,11-12,14H,7-10H2,1-2H3,(H,20,22). The molecule has 3 rings (SSSR count). The predicted molar refractivity (Wildman–Crippen MR) is 94.4 cm³/mol. The molecule has 25 heavy (non-hydrogen) atoms. The zero-order valence-corrected chi connectivity index (χ0v) is 14.5. The SMILES string of the molecule is CC(C)C(=O)NC1CCN(C(=O)c2cc3ccccc3oc2=O)CC1. The van der Waals surface area contributed by atoms with Gasteiger partial charge in [0.25, 0.3) is 5.91 Å². The highest BCUT2D eigenvalue weighted by Crippen LogP contribution is 2.17. The Morgan fingerprint density at radius 2 is 1.88 bits per heavy atom. The molecule has 0 unspecified atom stereocenters. The Labute approximate surface area is 145 Å². The van der Waals surface area contributed by atoms with Crippen molar-refractivity contribution >= 4 is 22.8 Å². The highest BCUT2D eigenvalue weighted by molar-refractivity contribution is 5.96. The number of fused-ring (bicyclic) bond motifs is 1. The van der Waals surface area contributed by atoms with Crippen molar-refractivity contribution in [3.05, 3.63) is 46.3 Å². The Hall–Kier alpha value is -2.63. The van der Waals surface area contributed by atoms with Crippen molar-refractivity contribution in [2.24, 2.45) is 5.92 Å². The number of hydrogen-bond acceptors (Lipinski definition) is 4. The van der Waals surface area contributed by atoms with Crippen LogP contribution in [0, 0.1) is 5.92 Å². The number of benzene rings is 1. The molecule has 0 saturated carbocycles. The lowest BCUT2D eigenvalue weighted by Crippen LogP contribution is -2.48. The fourth-order valence-corrected chi connectivity index (χ4v) is 2.98. The first-order valence-electron chi connectivity index (χ1n) is 8.58. The first-order chi connectivity index (χ1) is 12.0. The summed E-state index contributed by atoms with van der Waals surface area (Å²) in [7, 11) is 0. The van der Waals surface area contributed by atoms with Crippen LogP contribution in [-0.4, -0.2) is 35.8 Å². The molecule has 0 radical (unpaired) electrons. The molecule has 1 aromatic carbocycles. The summed E-state index contributed by atoms with van der Waals surface area (Å²) in [5.74, 6) is -0.338. The molecule has 2 amide bonds. The molecule has 0 atom stereocenters. The fourth-order valence-electron chi connectivity index (χ4n) is 2.98. The van der Waals surface area contributed by atoms with Gasteiger partial charge in [-0.2, -0.15) is 0 Å². The van der Waals surface area contributed by atoms with Gasteiger partial charge in [-0.1, -0.05) is 32.0 Å². The molecular weight excluding hydrogens is 320 g/mol. The Morgan fingerprint density at radius 1 is 1.20 bits per heavy atom. The van der Waals surface area contributed by atoms with E-state index in [0.717, 1.165) is 5.39 Å². The largest absolute Gasteiger partial charge is 0.422 e. The summed E-state index contributed by atoms with van der Waals surface area (Å²) < 4.78 is 5.24. The zero-order chi connectivity index (χ0) is 18.0. The van der Waals surface area contributed by atoms with Crippen LogP contribution in [0.1, 0.15) is 37.0 Å². The molecule has 132 valence electrons. The van der Waals surface area contributed by atoms with Gasteiger partial charge in [-0.25, -0.2) is 4.79 Å². The maximum Gasteiger partial charge on any atom is 0.349 e. The summed E-state index contributed by atoms with van der Waals surface area (Å²) in [6, 6.07) is 8.79. The topological polar surface area (TPSA) is 79.6 Å². The number of rotatable bonds is 3. The van der Waals surface area contributed by atoms with E-state index in [0.29, 0.717) is 31.5 Å². The van der Waals surface area contributed by atoms with E-state index in [1.165, 1.54) is 0 Å². The molecule has 1 fully saturated rings. The van der Waals surface area contributed by atoms with Crippen LogP contribution in [0.5, 0.6) is 0 Å². The molecule has 1 saturated heterocycles. The molecule has 1 aliphatic rings. The Kier molecular flexibility index (Phi) is 4.88. The Balaban J connectivity index is 1.70. The molecule has 1 aromatic heterocycles. The average Bonchev–Trinajstić information content (AvgIpc) is 2.61. The molecular formula is C19H22N2O4. The van der Waals surface area contributed by atoms with Crippen LogP contribution in [0.4, 0.5) is 0 Å². The number of hydrogen-bond donors (Lipinski definition) is 1. The predicted octanol–water partition coefficient (Wildman–Crippen LogP) is 2.17. The summed E-state index contributed by atoms with van der Waals surface area (Å²) >= 11 is 0. The van der Waals surface area contributed by atoms with Gasteiger partial charge >= 0.3 is 5.63 Å². The van der Waals surface area contributed by atoms with Gasteiger partial charge in [0, 0.05) is 30.4 Å². The number of para-hydroxylation sites is 1. The van der Waals surface area contributed by atoms with Crippen molar-refractivity contribution in [3.63, 3.8) is 0 Å². The molecule has 1 N–H and O–H groups in total. The second kappa shape index (κ2) is 7.09. The van der Waals surface area contributed by atoms with Crippen LogP contribution in [0.3, 0.4) is 0 Å². The van der Waals surface area contributed by atoms with E-state index in [2.05, 4.69) is 5.32 Å². The van der Waals surface area contributed by atoms with E-state index in [1.54, 1.807) is 23.1 Å². The normalized spacial score (nSPS) is 15.6. The van der Waals surface area contributed by atoms with Crippen LogP contribution < -0.4 is 10.9 Å². The van der Waals surface area contributed by atoms with Crippen LogP contribution >= 0.6 is 0 Å². The van der Waals surface area contributed by atoms with E-state index in [-0.39, 0.29) is 29.3 Å². The molecule has 2 aromatic rings. The number of piperidine rings is 1. The Bertz CT molecular complexity index is 848. The van der Waals surface area contributed by atoms with Gasteiger partial charge in [0.05, 0.1) is 0 Å². The van der Waals surface area contributed by atoms with E-state index in [1.807, 2.05) is 26.0 Å². The quantitative estimate of drug-likeness (QED) is 0.867. The minimum absolute atomic E-state index is 0.0277. The van der Waals surface area contributed by atoms with Crippen molar-refractivity contribution in [1.82, 2.24) is 10.2 Å². The average molecular weight is 342 g/mol. The third kappa shape index (κ3) is 3.73. The molecule has 6 heteroatoms. The maximum atomic E-state index is 12.7. The number of nitrogens with zero attached hydrogens (tertiary/aromatic N) is 1. The van der Waals surface area contributed by atoms with Gasteiger partial charge in [-0.05, 0) is 25.0 Å². The highest BCUT2D eigenvalue weighted by Gasteiger charge is 2.27. The summed E-state index contributed by atoms with van der Waals surface area (Å²) in [6.45, 7) is 4.72. The maximum absolute atomic E-state index is 12.7. The van der Waals surface area contributed by atoms with Gasteiger partial charge in [0.1, 0.15) is 11.1 Å². The van der Waals surface area contributed by atoms with Crippen molar-refractivity contribution in [3.8, 4) is 0 Å². The molecule has 6 nitrogen and oxygen atoms in total. The van der Waals surface area contributed by atoms with Gasteiger partial charge < -0.3 is 14.6 Å². The third-order valence-corrected chi connectivity index (χ3v) is 4.52. The van der Waals surface area contributed by atoms with E-state index in [9.17, 15) is 14.4 Å². The second-order valence-corrected chi connectivity index (χ2v) is 6.72. The molecule has 1 aliphatic heterocycles. The smallest absolute Gasteiger partial charge is 0.349 e. The number of carbonyl (C=O) groups excluding carboxylic acids is 2. The van der Waals surface area contributed by atoms with Gasteiger partial charge in [-0.3, -0.25) is 9.59 Å². The van der Waals surface area contributed by atoms with Crippen molar-refractivity contribution in [2.45, 2.75) is 32.7 Å². The molecule has 0 spiro atoms. The third-order valence-electron chi connectivity index (χ3n) is 4.52. The summed E-state index contributed by atoms with van der Waals surface area (Å²) in [6.07, 6.45) is 1.37. The lowest BCUT2D eigenvalue weighted by molar-refractivity contribution is -0.124. The molecule has 0 bridgehead atoms. The van der Waals surface area contributed by atoms with Crippen LogP contribution in [0.2, 0.25) is 0 Å². The number of likely N-dealkylation sites (tertiary alicyclic amines) is 1. The van der Waals surface area contributed by atoms with Crippen LogP contribution in [0.25, 0.3) is 11.0 Å². The van der Waals surface area contributed by atoms with Crippen molar-refractivity contribution < 1.29 is 14.0 Å².